The van der Waals surface area contributed by atoms with Gasteiger partial charge in [0, 0.05) is 19.1 Å². The highest BCUT2D eigenvalue weighted by molar-refractivity contribution is 5.85. The van der Waals surface area contributed by atoms with Gasteiger partial charge in [-0.25, -0.2) is 0 Å². The van der Waals surface area contributed by atoms with Gasteiger partial charge in [0.25, 0.3) is 0 Å². The molecule has 1 N–H and O–H groups in total. The zero-order valence-electron chi connectivity index (χ0n) is 14.7. The molecule has 1 aromatic carbocycles. The molecule has 134 valence electrons. The van der Waals surface area contributed by atoms with Crippen LogP contribution in [0.4, 0.5) is 0 Å². The molecule has 0 spiro atoms. The zero-order chi connectivity index (χ0) is 16.2. The summed E-state index contributed by atoms with van der Waals surface area (Å²) in [6.07, 6.45) is 6.17. The van der Waals surface area contributed by atoms with E-state index in [1.807, 2.05) is 29.2 Å². The lowest BCUT2D eigenvalue weighted by molar-refractivity contribution is -0.133. The Kier molecular flexibility index (Phi) is 6.93. The van der Waals surface area contributed by atoms with E-state index in [9.17, 15) is 4.79 Å². The summed E-state index contributed by atoms with van der Waals surface area (Å²) < 4.78 is 5.19. The van der Waals surface area contributed by atoms with Crippen LogP contribution in [0.2, 0.25) is 0 Å². The third-order valence-electron chi connectivity index (χ3n) is 5.39. The highest BCUT2D eigenvalue weighted by atomic mass is 35.5. The van der Waals surface area contributed by atoms with E-state index < -0.39 is 0 Å². The molecule has 0 bridgehead atoms. The number of nitrogens with one attached hydrogen (secondary N) is 1. The average Bonchev–Trinajstić information content (AvgIpc) is 3.03. The molecule has 1 heterocycles. The maximum atomic E-state index is 12.9. The number of halogens is 1. The fraction of sp³-hybridized carbons (Fsp3) is 0.632. The Hall–Kier alpha value is -1.26. The van der Waals surface area contributed by atoms with Crippen LogP contribution in [-0.2, 0) is 11.3 Å². The normalized spacial score (nSPS) is 25.5. The van der Waals surface area contributed by atoms with Crippen molar-refractivity contribution >= 4 is 18.3 Å². The van der Waals surface area contributed by atoms with E-state index in [1.165, 1.54) is 25.7 Å². The first-order valence-corrected chi connectivity index (χ1v) is 8.89. The summed E-state index contributed by atoms with van der Waals surface area (Å²) in [6.45, 7) is 3.48. The number of carbonyl (C=O) groups is 1. The van der Waals surface area contributed by atoms with Gasteiger partial charge in [-0.2, -0.15) is 0 Å². The number of fused-ring (bicyclic) bond motifs is 1. The van der Waals surface area contributed by atoms with Crippen LogP contribution in [0.25, 0.3) is 0 Å². The Bertz CT molecular complexity index is 521. The molecule has 5 heteroatoms. The van der Waals surface area contributed by atoms with Crippen LogP contribution in [0.3, 0.4) is 0 Å². The molecule has 1 aliphatic heterocycles. The topological polar surface area (TPSA) is 41.6 Å². The van der Waals surface area contributed by atoms with Crippen LogP contribution < -0.4 is 10.1 Å². The lowest BCUT2D eigenvalue weighted by Gasteiger charge is -2.25. The van der Waals surface area contributed by atoms with E-state index in [2.05, 4.69) is 12.2 Å². The van der Waals surface area contributed by atoms with Gasteiger partial charge in [0.15, 0.2) is 0 Å². The smallest absolute Gasteiger partial charge is 0.240 e. The third-order valence-corrected chi connectivity index (χ3v) is 5.39. The minimum atomic E-state index is 0. The third kappa shape index (κ3) is 4.22. The van der Waals surface area contributed by atoms with Crippen LogP contribution in [-0.4, -0.2) is 36.5 Å². The summed E-state index contributed by atoms with van der Waals surface area (Å²) >= 11 is 0. The minimum absolute atomic E-state index is 0. The number of benzene rings is 1. The molecule has 0 radical (unpaired) electrons. The summed E-state index contributed by atoms with van der Waals surface area (Å²) in [4.78, 5) is 14.9. The molecule has 1 amide bonds. The first-order valence-electron chi connectivity index (χ1n) is 8.89. The first kappa shape index (κ1) is 19.1. The molecule has 24 heavy (non-hydrogen) atoms. The Balaban J connectivity index is 0.00000208. The standard InChI is InChI=1S/C19H28N2O2.ClH/c1-3-21(13-14-8-10-16(23-2)11-9-14)19(22)18-12-15-6-4-5-7-17(15)20-18;/h8-11,15,17-18,20H,3-7,12-13H2,1-2H3;1H. The second kappa shape index (κ2) is 8.72. The molecule has 1 aromatic rings. The fourth-order valence-electron chi connectivity index (χ4n) is 4.03. The summed E-state index contributed by atoms with van der Waals surface area (Å²) in [5.74, 6) is 1.82. The second-order valence-electron chi connectivity index (χ2n) is 6.81. The molecule has 2 aliphatic rings. The van der Waals surface area contributed by atoms with Crippen LogP contribution >= 0.6 is 12.4 Å². The number of hydrogen-bond acceptors (Lipinski definition) is 3. The van der Waals surface area contributed by atoms with Crippen molar-refractivity contribution in [2.24, 2.45) is 5.92 Å². The molecule has 3 unspecified atom stereocenters. The van der Waals surface area contributed by atoms with Crippen molar-refractivity contribution in [2.75, 3.05) is 13.7 Å². The summed E-state index contributed by atoms with van der Waals surface area (Å²) in [5.41, 5.74) is 1.15. The van der Waals surface area contributed by atoms with Gasteiger partial charge in [-0.05, 0) is 49.8 Å². The number of nitrogens with zero attached hydrogens (tertiary/aromatic N) is 1. The van der Waals surface area contributed by atoms with Crippen LogP contribution in [0, 0.1) is 5.92 Å². The molecular formula is C19H29ClN2O2. The van der Waals surface area contributed by atoms with Gasteiger partial charge in [0.1, 0.15) is 5.75 Å². The Morgan fingerprint density at radius 1 is 1.25 bits per heavy atom. The van der Waals surface area contributed by atoms with Crippen molar-refractivity contribution in [1.82, 2.24) is 10.2 Å². The SMILES string of the molecule is CCN(Cc1ccc(OC)cc1)C(=O)C1CC2CCCCC2N1.Cl. The predicted octanol–water partition coefficient (Wildman–Crippen LogP) is 3.39. The van der Waals surface area contributed by atoms with Gasteiger partial charge < -0.3 is 15.0 Å². The Labute approximate surface area is 151 Å². The van der Waals surface area contributed by atoms with Crippen molar-refractivity contribution < 1.29 is 9.53 Å². The number of likely N-dealkylation sites (N-methyl/N-ethyl adjacent to an activating group) is 1. The molecule has 1 saturated heterocycles. The second-order valence-corrected chi connectivity index (χ2v) is 6.81. The lowest BCUT2D eigenvalue weighted by Crippen LogP contribution is -2.45. The largest absolute Gasteiger partial charge is 0.497 e. The lowest BCUT2D eigenvalue weighted by atomic mass is 9.85. The van der Waals surface area contributed by atoms with Crippen molar-refractivity contribution in [3.63, 3.8) is 0 Å². The highest BCUT2D eigenvalue weighted by Gasteiger charge is 2.39. The van der Waals surface area contributed by atoms with E-state index in [-0.39, 0.29) is 24.4 Å². The number of ether oxygens (including phenoxy) is 1. The van der Waals surface area contributed by atoms with Gasteiger partial charge in [0.2, 0.25) is 5.91 Å². The van der Waals surface area contributed by atoms with E-state index in [4.69, 9.17) is 4.74 Å². The minimum Gasteiger partial charge on any atom is -0.497 e. The quantitative estimate of drug-likeness (QED) is 0.883. The predicted molar refractivity (Wildman–Crippen MR) is 98.6 cm³/mol. The average molecular weight is 353 g/mol. The molecule has 0 aromatic heterocycles. The number of methoxy groups -OCH3 is 1. The molecule has 3 rings (SSSR count). The van der Waals surface area contributed by atoms with E-state index in [0.717, 1.165) is 24.3 Å². The molecule has 1 saturated carbocycles. The number of hydrogen-bond donors (Lipinski definition) is 1. The highest BCUT2D eigenvalue weighted by Crippen LogP contribution is 2.33. The van der Waals surface area contributed by atoms with Gasteiger partial charge in [-0.3, -0.25) is 4.79 Å². The van der Waals surface area contributed by atoms with Crippen molar-refractivity contribution in [2.45, 2.75) is 57.7 Å². The maximum absolute atomic E-state index is 12.9. The number of carbonyl (C=O) groups excluding carboxylic acids is 1. The first-order chi connectivity index (χ1) is 11.2. The molecule has 3 atom stereocenters. The van der Waals surface area contributed by atoms with Crippen LogP contribution in [0.5, 0.6) is 5.75 Å². The Morgan fingerprint density at radius 2 is 1.96 bits per heavy atom. The van der Waals surface area contributed by atoms with E-state index in [1.54, 1.807) is 7.11 Å². The van der Waals surface area contributed by atoms with Crippen LogP contribution in [0.15, 0.2) is 24.3 Å². The van der Waals surface area contributed by atoms with Crippen molar-refractivity contribution in [3.8, 4) is 5.75 Å². The monoisotopic (exact) mass is 352 g/mol. The van der Waals surface area contributed by atoms with Crippen LogP contribution in [0.1, 0.15) is 44.6 Å². The summed E-state index contributed by atoms with van der Waals surface area (Å²) in [6, 6.07) is 8.57. The van der Waals surface area contributed by atoms with E-state index in [0.29, 0.717) is 18.5 Å². The van der Waals surface area contributed by atoms with Gasteiger partial charge in [-0.1, -0.05) is 25.0 Å². The Morgan fingerprint density at radius 3 is 2.58 bits per heavy atom. The van der Waals surface area contributed by atoms with Gasteiger partial charge >= 0.3 is 0 Å². The van der Waals surface area contributed by atoms with Crippen molar-refractivity contribution in [1.29, 1.82) is 0 Å². The van der Waals surface area contributed by atoms with Gasteiger partial charge in [0.05, 0.1) is 13.2 Å². The van der Waals surface area contributed by atoms with E-state index >= 15 is 0 Å². The molecule has 1 aliphatic carbocycles. The van der Waals surface area contributed by atoms with Crippen molar-refractivity contribution in [3.05, 3.63) is 29.8 Å². The number of rotatable bonds is 5. The van der Waals surface area contributed by atoms with Gasteiger partial charge in [-0.15, -0.1) is 12.4 Å². The number of amides is 1. The summed E-state index contributed by atoms with van der Waals surface area (Å²) in [7, 11) is 1.67. The molecule has 4 nitrogen and oxygen atoms in total. The maximum Gasteiger partial charge on any atom is 0.240 e. The summed E-state index contributed by atoms with van der Waals surface area (Å²) in [5, 5.41) is 3.60. The molecule has 2 fully saturated rings. The molecular weight excluding hydrogens is 324 g/mol. The fourth-order valence-corrected chi connectivity index (χ4v) is 4.03. The zero-order valence-corrected chi connectivity index (χ0v) is 15.5.